The molecule has 1 unspecified atom stereocenters. The van der Waals surface area contributed by atoms with Crippen molar-refractivity contribution >= 4 is 17.5 Å². The van der Waals surface area contributed by atoms with Crippen LogP contribution < -0.4 is 20.7 Å². The van der Waals surface area contributed by atoms with E-state index in [0.29, 0.717) is 18.0 Å². The lowest BCUT2D eigenvalue weighted by atomic mass is 10.2. The molecule has 0 saturated heterocycles. The zero-order valence-electron chi connectivity index (χ0n) is 15.4. The fraction of sp³-hybridized carbons (Fsp3) is 0.250. The number of halogens is 1. The third kappa shape index (κ3) is 6.29. The quantitative estimate of drug-likeness (QED) is 0.572. The van der Waals surface area contributed by atoms with Crippen LogP contribution in [0.4, 0.5) is 10.1 Å². The van der Waals surface area contributed by atoms with Crippen LogP contribution in [0.15, 0.2) is 48.5 Å². The van der Waals surface area contributed by atoms with Crippen LogP contribution in [0.5, 0.6) is 5.75 Å². The van der Waals surface area contributed by atoms with Crippen LogP contribution in [-0.4, -0.2) is 37.6 Å². The molecule has 28 heavy (non-hydrogen) atoms. The maximum Gasteiger partial charge on any atom is 0.258 e. The Morgan fingerprint density at radius 3 is 2.61 bits per heavy atom. The van der Waals surface area contributed by atoms with Crippen molar-refractivity contribution in [3.05, 3.63) is 59.9 Å². The van der Waals surface area contributed by atoms with Gasteiger partial charge in [-0.3, -0.25) is 9.59 Å². The highest BCUT2D eigenvalue weighted by atomic mass is 19.1. The minimum atomic E-state index is -0.740. The van der Waals surface area contributed by atoms with Gasteiger partial charge < -0.3 is 20.7 Å². The van der Waals surface area contributed by atoms with E-state index in [2.05, 4.69) is 16.0 Å². The zero-order valence-corrected chi connectivity index (χ0v) is 15.4. The first-order valence-corrected chi connectivity index (χ1v) is 8.68. The molecule has 0 bridgehead atoms. The van der Waals surface area contributed by atoms with Gasteiger partial charge in [0.15, 0.2) is 6.61 Å². The summed E-state index contributed by atoms with van der Waals surface area (Å²) < 4.78 is 18.8. The summed E-state index contributed by atoms with van der Waals surface area (Å²) >= 11 is 0. The van der Waals surface area contributed by atoms with Crippen molar-refractivity contribution in [1.82, 2.24) is 10.6 Å². The van der Waals surface area contributed by atoms with Crippen LogP contribution in [0.3, 0.4) is 0 Å². The number of anilines is 1. The number of hydrogen-bond donors (Lipinski definition) is 3. The van der Waals surface area contributed by atoms with Gasteiger partial charge in [-0.15, -0.1) is 0 Å². The highest BCUT2D eigenvalue weighted by Crippen LogP contribution is 2.17. The van der Waals surface area contributed by atoms with Crippen LogP contribution >= 0.6 is 0 Å². The van der Waals surface area contributed by atoms with Crippen molar-refractivity contribution < 1.29 is 18.7 Å². The van der Waals surface area contributed by atoms with Crippen molar-refractivity contribution in [2.45, 2.75) is 13.0 Å². The van der Waals surface area contributed by atoms with Crippen molar-refractivity contribution in [3.63, 3.8) is 0 Å². The van der Waals surface area contributed by atoms with Gasteiger partial charge in [-0.1, -0.05) is 24.3 Å². The van der Waals surface area contributed by atoms with Gasteiger partial charge in [-0.25, -0.2) is 4.39 Å². The summed E-state index contributed by atoms with van der Waals surface area (Å²) in [6.45, 7) is 1.89. The predicted octanol–water partition coefficient (Wildman–Crippen LogP) is 1.81. The Morgan fingerprint density at radius 2 is 1.89 bits per heavy atom. The molecule has 0 fully saturated rings. The molecule has 0 saturated carbocycles. The maximum absolute atomic E-state index is 13.5. The summed E-state index contributed by atoms with van der Waals surface area (Å²) in [4.78, 5) is 23.9. The number of ether oxygens (including phenoxy) is 1. The lowest BCUT2D eigenvalue weighted by molar-refractivity contribution is -0.129. The fourth-order valence-electron chi connectivity index (χ4n) is 2.34. The Bertz CT molecular complexity index is 852. The van der Waals surface area contributed by atoms with E-state index in [-0.39, 0.29) is 24.6 Å². The van der Waals surface area contributed by atoms with Gasteiger partial charge in [0.05, 0.1) is 5.69 Å². The number of benzene rings is 2. The molecule has 0 aliphatic rings. The van der Waals surface area contributed by atoms with Gasteiger partial charge in [-0.05, 0) is 31.2 Å². The minimum Gasteiger partial charge on any atom is -0.484 e. The van der Waals surface area contributed by atoms with Gasteiger partial charge in [-0.2, -0.15) is 5.26 Å². The monoisotopic (exact) mass is 384 g/mol. The molecule has 3 N–H and O–H groups in total. The van der Waals surface area contributed by atoms with Crippen molar-refractivity contribution in [2.24, 2.45) is 0 Å². The van der Waals surface area contributed by atoms with E-state index >= 15 is 0 Å². The van der Waals surface area contributed by atoms with E-state index in [1.54, 1.807) is 43.3 Å². The molecule has 2 aromatic rings. The molecule has 2 amide bonds. The minimum absolute atomic E-state index is 0.0760. The lowest BCUT2D eigenvalue weighted by Crippen LogP contribution is -2.47. The van der Waals surface area contributed by atoms with Gasteiger partial charge in [0.2, 0.25) is 5.91 Å². The second-order valence-electron chi connectivity index (χ2n) is 5.88. The Hall–Kier alpha value is -3.60. The topological polar surface area (TPSA) is 103 Å². The number of carbonyl (C=O) groups excluding carboxylic acids is 2. The van der Waals surface area contributed by atoms with E-state index in [4.69, 9.17) is 10.00 Å². The van der Waals surface area contributed by atoms with Gasteiger partial charge in [0, 0.05) is 13.1 Å². The van der Waals surface area contributed by atoms with Gasteiger partial charge >= 0.3 is 0 Å². The van der Waals surface area contributed by atoms with Gasteiger partial charge in [0.1, 0.15) is 29.2 Å². The summed E-state index contributed by atoms with van der Waals surface area (Å²) in [6, 6.07) is 14.2. The number of nitrogens with zero attached hydrogens (tertiary/aromatic N) is 1. The second-order valence-corrected chi connectivity index (χ2v) is 5.88. The summed E-state index contributed by atoms with van der Waals surface area (Å²) in [5.74, 6) is -0.821. The first kappa shape index (κ1) is 20.7. The van der Waals surface area contributed by atoms with Gasteiger partial charge in [0.25, 0.3) is 5.91 Å². The molecule has 7 nitrogen and oxygen atoms in total. The smallest absolute Gasteiger partial charge is 0.258 e. The van der Waals surface area contributed by atoms with Crippen LogP contribution in [0.25, 0.3) is 0 Å². The molecule has 0 radical (unpaired) electrons. The number of rotatable bonds is 9. The molecule has 2 rings (SSSR count). The Labute approximate surface area is 162 Å². The number of hydrogen-bond acceptors (Lipinski definition) is 5. The summed E-state index contributed by atoms with van der Waals surface area (Å²) in [5, 5.41) is 17.1. The second kappa shape index (κ2) is 10.5. The molecule has 8 heteroatoms. The summed E-state index contributed by atoms with van der Waals surface area (Å²) in [7, 11) is 0. The third-order valence-corrected chi connectivity index (χ3v) is 3.75. The summed E-state index contributed by atoms with van der Waals surface area (Å²) in [6.07, 6.45) is 0. The Kier molecular flexibility index (Phi) is 7.78. The number of amides is 2. The highest BCUT2D eigenvalue weighted by Gasteiger charge is 2.15. The van der Waals surface area contributed by atoms with Crippen molar-refractivity contribution in [1.29, 1.82) is 5.26 Å². The average Bonchev–Trinajstić information content (AvgIpc) is 2.70. The summed E-state index contributed by atoms with van der Waals surface area (Å²) in [5.41, 5.74) is 0.282. The molecular formula is C20H21FN4O3. The fourth-order valence-corrected chi connectivity index (χ4v) is 2.34. The van der Waals surface area contributed by atoms with Crippen molar-refractivity contribution in [2.75, 3.05) is 25.0 Å². The van der Waals surface area contributed by atoms with Crippen LogP contribution in [-0.2, 0) is 9.59 Å². The highest BCUT2D eigenvalue weighted by molar-refractivity contribution is 5.87. The van der Waals surface area contributed by atoms with Crippen LogP contribution in [0, 0.1) is 17.1 Å². The molecule has 0 aromatic heterocycles. The van der Waals surface area contributed by atoms with Crippen molar-refractivity contribution in [3.8, 4) is 11.8 Å². The van der Waals surface area contributed by atoms with E-state index in [9.17, 15) is 14.0 Å². The first-order valence-electron chi connectivity index (χ1n) is 8.68. The van der Waals surface area contributed by atoms with Crippen LogP contribution in [0.1, 0.15) is 12.5 Å². The normalized spacial score (nSPS) is 11.0. The van der Waals surface area contributed by atoms with E-state index in [1.807, 2.05) is 6.07 Å². The number of nitrogens with one attached hydrogen (secondary N) is 3. The molecule has 146 valence electrons. The molecule has 0 aliphatic carbocycles. The van der Waals surface area contributed by atoms with E-state index in [0.717, 1.165) is 0 Å². The zero-order chi connectivity index (χ0) is 20.4. The Morgan fingerprint density at radius 1 is 1.14 bits per heavy atom. The molecule has 0 aliphatic heterocycles. The number of nitriles is 1. The SMILES string of the molecule is CC(NC(=O)COc1ccccc1)C(=O)NCCNc1cccc(F)c1C#N. The molecular weight excluding hydrogens is 363 g/mol. The maximum atomic E-state index is 13.5. The molecule has 1 atom stereocenters. The van der Waals surface area contributed by atoms with Crippen LogP contribution in [0.2, 0.25) is 0 Å². The standard InChI is InChI=1S/C20H21FN4O3/c1-14(25-19(26)13-28-15-6-3-2-4-7-15)20(27)24-11-10-23-18-9-5-8-17(21)16(18)12-22/h2-9,14,23H,10-11,13H2,1H3,(H,24,27)(H,25,26). The predicted molar refractivity (Wildman–Crippen MR) is 102 cm³/mol. The largest absolute Gasteiger partial charge is 0.484 e. The number of para-hydroxylation sites is 1. The first-order chi connectivity index (χ1) is 13.5. The molecule has 2 aromatic carbocycles. The number of carbonyl (C=O) groups is 2. The molecule has 0 heterocycles. The average molecular weight is 384 g/mol. The van der Waals surface area contributed by atoms with E-state index in [1.165, 1.54) is 12.1 Å². The lowest BCUT2D eigenvalue weighted by Gasteiger charge is -2.15. The Balaban J connectivity index is 1.69. The van der Waals surface area contributed by atoms with E-state index < -0.39 is 17.8 Å². The third-order valence-electron chi connectivity index (χ3n) is 3.75. The molecule has 0 spiro atoms.